The minimum Gasteiger partial charge on any atom is -0.207 e. The normalized spacial score (nSPS) is 16.0. The summed E-state index contributed by atoms with van der Waals surface area (Å²) in [5, 5.41) is 0. The van der Waals surface area contributed by atoms with Gasteiger partial charge in [-0.3, -0.25) is 0 Å². The van der Waals surface area contributed by atoms with Crippen molar-refractivity contribution >= 4 is 0 Å². The molecule has 150 valence electrons. The summed E-state index contributed by atoms with van der Waals surface area (Å²) in [6.45, 7) is 1.93. The van der Waals surface area contributed by atoms with Crippen molar-refractivity contribution in [3.63, 3.8) is 0 Å². The van der Waals surface area contributed by atoms with Crippen LogP contribution in [0.4, 0.5) is 17.6 Å². The zero-order chi connectivity index (χ0) is 20.5. The fourth-order valence-corrected chi connectivity index (χ4v) is 4.28. The zero-order valence-electron chi connectivity index (χ0n) is 16.2. The Bertz CT molecular complexity index is 1040. The Hall–Kier alpha value is -2.62. The first-order valence-electron chi connectivity index (χ1n) is 10.0. The molecule has 0 saturated heterocycles. The molecule has 0 aliphatic heterocycles. The molecular formula is C25H22F4. The molecule has 0 amide bonds. The Labute approximate surface area is 168 Å². The summed E-state index contributed by atoms with van der Waals surface area (Å²) in [4.78, 5) is 0. The molecule has 4 rings (SSSR count). The highest BCUT2D eigenvalue weighted by Gasteiger charge is 2.26. The first-order chi connectivity index (χ1) is 14.0. The predicted octanol–water partition coefficient (Wildman–Crippen LogP) is 7.14. The molecule has 0 aromatic heterocycles. The highest BCUT2D eigenvalue weighted by molar-refractivity contribution is 5.66. The van der Waals surface area contributed by atoms with Gasteiger partial charge in [-0.15, -0.1) is 0 Å². The van der Waals surface area contributed by atoms with E-state index in [1.165, 1.54) is 18.2 Å². The average Bonchev–Trinajstić information content (AvgIpc) is 2.71. The zero-order valence-corrected chi connectivity index (χ0v) is 16.2. The van der Waals surface area contributed by atoms with Gasteiger partial charge in [0.15, 0.2) is 11.6 Å². The molecule has 0 N–H and O–H groups in total. The van der Waals surface area contributed by atoms with E-state index in [0.29, 0.717) is 47.9 Å². The van der Waals surface area contributed by atoms with Gasteiger partial charge in [-0.05, 0) is 83.7 Å². The van der Waals surface area contributed by atoms with Crippen LogP contribution in [0, 0.1) is 23.3 Å². The van der Waals surface area contributed by atoms with E-state index in [1.54, 1.807) is 30.3 Å². The third-order valence-corrected chi connectivity index (χ3v) is 5.82. The summed E-state index contributed by atoms with van der Waals surface area (Å²) in [6.07, 6.45) is 3.06. The SMILES string of the molecule is CCCc1ccc(C2CCc3cc(-c4ccc(F)cc4)c(F)cc3C2)c(F)c1F. The highest BCUT2D eigenvalue weighted by Crippen LogP contribution is 2.37. The number of halogens is 4. The number of hydrogen-bond donors (Lipinski definition) is 0. The van der Waals surface area contributed by atoms with Crippen molar-refractivity contribution in [2.24, 2.45) is 0 Å². The minimum atomic E-state index is -0.771. The van der Waals surface area contributed by atoms with E-state index < -0.39 is 11.6 Å². The molecule has 0 spiro atoms. The van der Waals surface area contributed by atoms with Crippen molar-refractivity contribution in [3.05, 3.63) is 94.1 Å². The first kappa shape index (κ1) is 19.7. The Morgan fingerprint density at radius 2 is 1.62 bits per heavy atom. The number of aryl methyl sites for hydroxylation is 2. The molecule has 0 radical (unpaired) electrons. The van der Waals surface area contributed by atoms with Gasteiger partial charge >= 0.3 is 0 Å². The van der Waals surface area contributed by atoms with Crippen LogP contribution in [0.3, 0.4) is 0 Å². The van der Waals surface area contributed by atoms with Crippen LogP contribution in [-0.2, 0) is 19.3 Å². The maximum Gasteiger partial charge on any atom is 0.162 e. The van der Waals surface area contributed by atoms with E-state index in [2.05, 4.69) is 0 Å². The van der Waals surface area contributed by atoms with Crippen LogP contribution in [0.25, 0.3) is 11.1 Å². The maximum atomic E-state index is 14.7. The Kier molecular flexibility index (Phi) is 5.44. The largest absolute Gasteiger partial charge is 0.207 e. The monoisotopic (exact) mass is 398 g/mol. The van der Waals surface area contributed by atoms with Crippen molar-refractivity contribution in [2.45, 2.75) is 44.9 Å². The van der Waals surface area contributed by atoms with E-state index in [-0.39, 0.29) is 17.6 Å². The summed E-state index contributed by atoms with van der Waals surface area (Å²) in [6, 6.07) is 12.4. The van der Waals surface area contributed by atoms with Crippen LogP contribution in [0.2, 0.25) is 0 Å². The minimum absolute atomic E-state index is 0.177. The second-order valence-corrected chi connectivity index (χ2v) is 7.74. The van der Waals surface area contributed by atoms with Crippen LogP contribution >= 0.6 is 0 Å². The van der Waals surface area contributed by atoms with Crippen molar-refractivity contribution in [1.29, 1.82) is 0 Å². The standard InChI is InChI=1S/C25H22F4/c1-2-3-16-8-11-21(25(29)24(16)28)18-5-4-17-13-22(23(27)14-19(17)12-18)15-6-9-20(26)10-7-15/h6-11,13-14,18H,2-5,12H2,1H3. The molecule has 1 aliphatic rings. The smallest absolute Gasteiger partial charge is 0.162 e. The van der Waals surface area contributed by atoms with Crippen molar-refractivity contribution < 1.29 is 17.6 Å². The van der Waals surface area contributed by atoms with Gasteiger partial charge in [0.05, 0.1) is 0 Å². The first-order valence-corrected chi connectivity index (χ1v) is 10.0. The third kappa shape index (κ3) is 3.81. The van der Waals surface area contributed by atoms with Crippen molar-refractivity contribution in [3.8, 4) is 11.1 Å². The van der Waals surface area contributed by atoms with Gasteiger partial charge in [0.2, 0.25) is 0 Å². The Morgan fingerprint density at radius 1 is 0.862 bits per heavy atom. The Balaban J connectivity index is 1.63. The average molecular weight is 398 g/mol. The summed E-state index contributed by atoms with van der Waals surface area (Å²) >= 11 is 0. The van der Waals surface area contributed by atoms with Crippen LogP contribution in [-0.4, -0.2) is 0 Å². The van der Waals surface area contributed by atoms with Gasteiger partial charge in [-0.25, -0.2) is 17.6 Å². The van der Waals surface area contributed by atoms with Crippen LogP contribution in [0.15, 0.2) is 48.5 Å². The molecule has 0 fully saturated rings. The molecule has 0 saturated carbocycles. The van der Waals surface area contributed by atoms with E-state index in [9.17, 15) is 17.6 Å². The molecule has 0 bridgehead atoms. The van der Waals surface area contributed by atoms with Crippen molar-refractivity contribution in [2.75, 3.05) is 0 Å². The fourth-order valence-electron chi connectivity index (χ4n) is 4.28. The summed E-state index contributed by atoms with van der Waals surface area (Å²) in [5.74, 6) is -2.46. The van der Waals surface area contributed by atoms with Gasteiger partial charge in [0.1, 0.15) is 11.6 Å². The highest BCUT2D eigenvalue weighted by atomic mass is 19.2. The second-order valence-electron chi connectivity index (χ2n) is 7.74. The Morgan fingerprint density at radius 3 is 2.34 bits per heavy atom. The lowest BCUT2D eigenvalue weighted by molar-refractivity contribution is 0.466. The molecular weight excluding hydrogens is 376 g/mol. The van der Waals surface area contributed by atoms with Crippen LogP contribution in [0.1, 0.15) is 47.9 Å². The van der Waals surface area contributed by atoms with Gasteiger partial charge < -0.3 is 0 Å². The molecule has 1 unspecified atom stereocenters. The second kappa shape index (κ2) is 8.02. The van der Waals surface area contributed by atoms with E-state index >= 15 is 0 Å². The predicted molar refractivity (Wildman–Crippen MR) is 107 cm³/mol. The molecule has 3 aromatic rings. The lowest BCUT2D eigenvalue weighted by Gasteiger charge is -2.26. The van der Waals surface area contributed by atoms with Gasteiger partial charge in [0, 0.05) is 5.56 Å². The third-order valence-electron chi connectivity index (χ3n) is 5.82. The summed E-state index contributed by atoms with van der Waals surface area (Å²) in [7, 11) is 0. The number of rotatable bonds is 4. The number of benzene rings is 3. The van der Waals surface area contributed by atoms with E-state index in [1.807, 2.05) is 6.92 Å². The van der Waals surface area contributed by atoms with Gasteiger partial charge in [-0.2, -0.15) is 0 Å². The molecule has 3 aromatic carbocycles. The van der Waals surface area contributed by atoms with E-state index in [4.69, 9.17) is 0 Å². The lowest BCUT2D eigenvalue weighted by atomic mass is 9.78. The molecule has 1 atom stereocenters. The van der Waals surface area contributed by atoms with Gasteiger partial charge in [0.25, 0.3) is 0 Å². The summed E-state index contributed by atoms with van der Waals surface area (Å²) in [5.41, 5.74) is 3.65. The molecule has 29 heavy (non-hydrogen) atoms. The fraction of sp³-hybridized carbons (Fsp3) is 0.280. The summed E-state index contributed by atoms with van der Waals surface area (Å²) < 4.78 is 56.9. The topological polar surface area (TPSA) is 0 Å². The molecule has 0 heterocycles. The lowest BCUT2D eigenvalue weighted by Crippen LogP contribution is -2.15. The quantitative estimate of drug-likeness (QED) is 0.410. The maximum absolute atomic E-state index is 14.7. The van der Waals surface area contributed by atoms with Crippen molar-refractivity contribution in [1.82, 2.24) is 0 Å². The molecule has 4 heteroatoms. The number of hydrogen-bond acceptors (Lipinski definition) is 0. The van der Waals surface area contributed by atoms with Crippen LogP contribution < -0.4 is 0 Å². The van der Waals surface area contributed by atoms with E-state index in [0.717, 1.165) is 17.5 Å². The van der Waals surface area contributed by atoms with Crippen LogP contribution in [0.5, 0.6) is 0 Å². The molecule has 0 nitrogen and oxygen atoms in total. The number of fused-ring (bicyclic) bond motifs is 1. The van der Waals surface area contributed by atoms with Gasteiger partial charge in [-0.1, -0.05) is 37.6 Å². The molecule has 1 aliphatic carbocycles.